The van der Waals surface area contributed by atoms with Gasteiger partial charge in [0.2, 0.25) is 0 Å². The Bertz CT molecular complexity index is 685. The summed E-state index contributed by atoms with van der Waals surface area (Å²) in [5, 5.41) is 15.4. The van der Waals surface area contributed by atoms with Crippen molar-refractivity contribution in [1.82, 2.24) is 10.1 Å². The van der Waals surface area contributed by atoms with Crippen molar-refractivity contribution in [3.8, 4) is 5.88 Å². The fourth-order valence-electron chi connectivity index (χ4n) is 4.61. The van der Waals surface area contributed by atoms with Crippen molar-refractivity contribution in [2.45, 2.75) is 50.0 Å². The third-order valence-electron chi connectivity index (χ3n) is 5.67. The number of rotatable bonds is 6. The zero-order valence-electron chi connectivity index (χ0n) is 15.2. The summed E-state index contributed by atoms with van der Waals surface area (Å²) in [7, 11) is 5.63. The van der Waals surface area contributed by atoms with Gasteiger partial charge < -0.3 is 23.8 Å². The van der Waals surface area contributed by atoms with Gasteiger partial charge in [-0.1, -0.05) is 13.3 Å². The SMILES string of the molecule is CCCCOc1noc2c1[C@@H](O)[C@@]13O[C@@H](C=C1OC)C[C@H]3[C@@H]2N(C)C. The fraction of sp³-hybridized carbons (Fsp3) is 0.722. The monoisotopic (exact) mass is 350 g/mol. The van der Waals surface area contributed by atoms with E-state index in [9.17, 15) is 5.11 Å². The Balaban J connectivity index is 1.80. The molecule has 0 aromatic carbocycles. The van der Waals surface area contributed by atoms with Crippen LogP contribution in [0.5, 0.6) is 5.88 Å². The molecule has 1 spiro atoms. The zero-order chi connectivity index (χ0) is 17.8. The maximum Gasteiger partial charge on any atom is 0.260 e. The molecule has 2 aliphatic heterocycles. The van der Waals surface area contributed by atoms with E-state index in [4.69, 9.17) is 18.7 Å². The number of hydrogen-bond donors (Lipinski definition) is 1. The molecule has 0 unspecified atom stereocenters. The summed E-state index contributed by atoms with van der Waals surface area (Å²) in [5.41, 5.74) is -0.299. The number of fused-ring (bicyclic) bond motifs is 2. The van der Waals surface area contributed by atoms with Crippen molar-refractivity contribution in [2.24, 2.45) is 5.92 Å². The molecule has 0 amide bonds. The highest BCUT2D eigenvalue weighted by molar-refractivity contribution is 5.45. The second-order valence-corrected chi connectivity index (χ2v) is 7.31. The van der Waals surface area contributed by atoms with Gasteiger partial charge in [-0.25, -0.2) is 0 Å². The quantitative estimate of drug-likeness (QED) is 0.788. The Morgan fingerprint density at radius 1 is 1.44 bits per heavy atom. The zero-order valence-corrected chi connectivity index (χ0v) is 15.2. The molecule has 4 rings (SSSR count). The first-order valence-corrected chi connectivity index (χ1v) is 8.95. The lowest BCUT2D eigenvalue weighted by Gasteiger charge is -2.46. The van der Waals surface area contributed by atoms with Gasteiger partial charge in [0.05, 0.1) is 31.4 Å². The van der Waals surface area contributed by atoms with E-state index < -0.39 is 11.7 Å². The molecule has 138 valence electrons. The van der Waals surface area contributed by atoms with Crippen LogP contribution in [-0.2, 0) is 9.47 Å². The van der Waals surface area contributed by atoms with Crippen molar-refractivity contribution in [3.05, 3.63) is 23.2 Å². The summed E-state index contributed by atoms with van der Waals surface area (Å²) < 4.78 is 23.3. The lowest BCUT2D eigenvalue weighted by atomic mass is 9.66. The van der Waals surface area contributed by atoms with Crippen LogP contribution in [0.4, 0.5) is 0 Å². The van der Waals surface area contributed by atoms with E-state index >= 15 is 0 Å². The molecule has 7 heteroatoms. The number of aliphatic hydroxyl groups is 1. The van der Waals surface area contributed by atoms with Crippen LogP contribution in [0.3, 0.4) is 0 Å². The molecule has 1 saturated heterocycles. The van der Waals surface area contributed by atoms with Crippen LogP contribution in [0.15, 0.2) is 16.4 Å². The van der Waals surface area contributed by atoms with Gasteiger partial charge in [-0.05, 0) is 38.2 Å². The Labute approximate surface area is 147 Å². The number of aromatic nitrogens is 1. The molecule has 0 radical (unpaired) electrons. The predicted molar refractivity (Wildman–Crippen MR) is 89.1 cm³/mol. The molecule has 2 bridgehead atoms. The number of nitrogens with zero attached hydrogens (tertiary/aromatic N) is 2. The van der Waals surface area contributed by atoms with Gasteiger partial charge >= 0.3 is 0 Å². The van der Waals surface area contributed by atoms with Gasteiger partial charge in [0, 0.05) is 5.92 Å². The lowest BCUT2D eigenvalue weighted by molar-refractivity contribution is -0.132. The average Bonchev–Trinajstić information content (AvgIpc) is 3.26. The summed E-state index contributed by atoms with van der Waals surface area (Å²) >= 11 is 0. The number of hydrogen-bond acceptors (Lipinski definition) is 7. The number of unbranched alkanes of at least 4 members (excludes halogenated alkanes) is 1. The summed E-state index contributed by atoms with van der Waals surface area (Å²) in [5.74, 6) is 1.77. The Hall–Kier alpha value is -1.57. The number of ether oxygens (including phenoxy) is 3. The molecule has 1 fully saturated rings. The Morgan fingerprint density at radius 2 is 2.24 bits per heavy atom. The van der Waals surface area contributed by atoms with Gasteiger partial charge in [0.15, 0.2) is 11.4 Å². The molecule has 3 heterocycles. The molecule has 1 aromatic heterocycles. The van der Waals surface area contributed by atoms with Crippen LogP contribution >= 0.6 is 0 Å². The maximum absolute atomic E-state index is 11.3. The van der Waals surface area contributed by atoms with Crippen molar-refractivity contribution in [2.75, 3.05) is 27.8 Å². The Morgan fingerprint density at radius 3 is 2.92 bits per heavy atom. The minimum atomic E-state index is -0.926. The second-order valence-electron chi connectivity index (χ2n) is 7.31. The largest absolute Gasteiger partial charge is 0.498 e. The fourth-order valence-corrected chi connectivity index (χ4v) is 4.61. The molecule has 1 aromatic rings. The van der Waals surface area contributed by atoms with E-state index in [1.165, 1.54) is 0 Å². The molecule has 1 N–H and O–H groups in total. The highest BCUT2D eigenvalue weighted by Gasteiger charge is 2.68. The van der Waals surface area contributed by atoms with E-state index in [0.717, 1.165) is 19.3 Å². The van der Waals surface area contributed by atoms with Gasteiger partial charge in [-0.3, -0.25) is 4.90 Å². The minimum absolute atomic E-state index is 0.0337. The van der Waals surface area contributed by atoms with E-state index in [0.29, 0.717) is 29.6 Å². The minimum Gasteiger partial charge on any atom is -0.498 e. The lowest BCUT2D eigenvalue weighted by Crippen LogP contribution is -2.51. The highest BCUT2D eigenvalue weighted by atomic mass is 16.6. The molecule has 3 aliphatic rings. The van der Waals surface area contributed by atoms with Crippen LogP contribution in [0.1, 0.15) is 49.7 Å². The third-order valence-corrected chi connectivity index (χ3v) is 5.67. The van der Waals surface area contributed by atoms with E-state index in [1.807, 2.05) is 20.2 Å². The van der Waals surface area contributed by atoms with Crippen molar-refractivity contribution in [1.29, 1.82) is 0 Å². The topological polar surface area (TPSA) is 77.2 Å². The van der Waals surface area contributed by atoms with Crippen LogP contribution < -0.4 is 4.74 Å². The predicted octanol–water partition coefficient (Wildman–Crippen LogP) is 2.19. The molecule has 5 atom stereocenters. The van der Waals surface area contributed by atoms with E-state index in [-0.39, 0.29) is 18.1 Å². The summed E-state index contributed by atoms with van der Waals surface area (Å²) in [6.45, 7) is 2.64. The first-order valence-electron chi connectivity index (χ1n) is 8.95. The van der Waals surface area contributed by atoms with E-state index in [1.54, 1.807) is 7.11 Å². The average molecular weight is 350 g/mol. The number of methoxy groups -OCH3 is 1. The molecule has 0 saturated carbocycles. The van der Waals surface area contributed by atoms with Gasteiger partial charge in [0.1, 0.15) is 11.9 Å². The Kier molecular flexibility index (Phi) is 4.05. The standard InChI is InChI=1S/C18H26N2O5/c1-5-6-7-23-17-13-15(25-19-17)14(20(2)3)11-8-10-9-12(22-4)18(11,24-10)16(13)21/h9-11,14,16,21H,5-8H2,1-4H3/t10-,11+,14+,16-,18+/m1/s1. The summed E-state index contributed by atoms with van der Waals surface area (Å²) in [6.07, 6.45) is 3.77. The second kappa shape index (κ2) is 6.00. The van der Waals surface area contributed by atoms with Crippen LogP contribution in [0.2, 0.25) is 0 Å². The first kappa shape index (κ1) is 16.9. The smallest absolute Gasteiger partial charge is 0.260 e. The first-order chi connectivity index (χ1) is 12.0. The van der Waals surface area contributed by atoms with Crippen molar-refractivity contribution in [3.63, 3.8) is 0 Å². The normalized spacial score (nSPS) is 35.5. The van der Waals surface area contributed by atoms with Crippen LogP contribution in [0, 0.1) is 5.92 Å². The van der Waals surface area contributed by atoms with Gasteiger partial charge in [-0.15, -0.1) is 0 Å². The third kappa shape index (κ3) is 2.19. The number of aliphatic hydroxyl groups excluding tert-OH is 1. The van der Waals surface area contributed by atoms with Crippen molar-refractivity contribution >= 4 is 0 Å². The van der Waals surface area contributed by atoms with Gasteiger partial charge in [0.25, 0.3) is 5.88 Å². The molecule has 1 aliphatic carbocycles. The van der Waals surface area contributed by atoms with Gasteiger partial charge in [-0.2, -0.15) is 0 Å². The molecule has 25 heavy (non-hydrogen) atoms. The highest BCUT2D eigenvalue weighted by Crippen LogP contribution is 2.63. The van der Waals surface area contributed by atoms with Crippen molar-refractivity contribution < 1.29 is 23.8 Å². The van der Waals surface area contributed by atoms with Crippen LogP contribution in [0.25, 0.3) is 0 Å². The molecule has 7 nitrogen and oxygen atoms in total. The summed E-state index contributed by atoms with van der Waals surface area (Å²) in [4.78, 5) is 2.09. The van der Waals surface area contributed by atoms with E-state index in [2.05, 4.69) is 17.0 Å². The maximum atomic E-state index is 11.3. The molecular weight excluding hydrogens is 324 g/mol. The van der Waals surface area contributed by atoms with Crippen LogP contribution in [-0.4, -0.2) is 54.7 Å². The summed E-state index contributed by atoms with van der Waals surface area (Å²) in [6, 6.07) is -0.0572. The molecular formula is C18H26N2O5.